The van der Waals surface area contributed by atoms with Crippen molar-refractivity contribution in [1.29, 1.82) is 0 Å². The van der Waals surface area contributed by atoms with E-state index in [9.17, 15) is 0 Å². The van der Waals surface area contributed by atoms with Gasteiger partial charge in [-0.1, -0.05) is 0 Å². The second-order valence-corrected chi connectivity index (χ2v) is 0. The fourth-order valence-electron chi connectivity index (χ4n) is 0. The van der Waals surface area contributed by atoms with Crippen LogP contribution in [0.1, 0.15) is 0 Å². The van der Waals surface area contributed by atoms with Gasteiger partial charge >= 0.3 is 158 Å². The first kappa shape index (κ1) is 106. The number of rotatable bonds is 0. The van der Waals surface area contributed by atoms with Gasteiger partial charge < -0.3 is 86.8 Å². The van der Waals surface area contributed by atoms with Gasteiger partial charge in [-0.15, -0.1) is 0 Å². The molecule has 0 atom stereocenters. The summed E-state index contributed by atoms with van der Waals surface area (Å²) in [5.41, 5.74) is 0. The normalized spacial score (nSPS) is 0. The van der Waals surface area contributed by atoms with E-state index in [0.717, 1.165) is 0 Å². The van der Waals surface area contributed by atoms with Gasteiger partial charge in [-0.2, -0.15) is 0 Å². The van der Waals surface area contributed by atoms with Gasteiger partial charge in [0.15, 0.2) is 0 Å². The van der Waals surface area contributed by atoms with E-state index < -0.39 is 0 Å². The van der Waals surface area contributed by atoms with Crippen molar-refractivity contribution in [3.8, 4) is 0 Å². The molecule has 0 saturated heterocycles. The van der Waals surface area contributed by atoms with Gasteiger partial charge in [0.1, 0.15) is 0 Å². The van der Waals surface area contributed by atoms with Gasteiger partial charge in [-0.3, -0.25) is 0 Å². The van der Waals surface area contributed by atoms with Crippen LogP contribution < -0.4 is 175 Å². The molecule has 0 saturated carbocycles. The third-order valence-electron chi connectivity index (χ3n) is 0. The molecule has 0 aliphatic rings. The molecule has 0 nitrogen and oxygen atoms in total. The van der Waals surface area contributed by atoms with Crippen LogP contribution in [0.15, 0.2) is 0 Å². The van der Waals surface area contributed by atoms with E-state index >= 15 is 0 Å². The molecule has 0 amide bonds. The summed E-state index contributed by atoms with van der Waals surface area (Å²) in [6, 6.07) is 0. The molecule has 0 bridgehead atoms. The largest absolute Gasteiger partial charge is 3.00 e. The fourth-order valence-corrected chi connectivity index (χ4v) is 0. The van der Waals surface area contributed by atoms with Gasteiger partial charge in [-0.05, 0) is 0 Å². The standard InChI is InChI=1S/Ca.7ClH.Cs.Li.Y/h;7*1H;;;/q+2;;;;;;;;2*+1;+3/p-7. The smallest absolute Gasteiger partial charge is 1.00 e. The molecule has 0 aromatic rings. The predicted octanol–water partition coefficient (Wildman–Crippen LogP) is -27.3. The summed E-state index contributed by atoms with van der Waals surface area (Å²) < 4.78 is 0. The quantitative estimate of drug-likeness (QED) is 0.281. The van der Waals surface area contributed by atoms with Crippen LogP contribution >= 0.6 is 0 Å². The molecule has 0 unspecified atom stereocenters. The molecule has 11 heteroatoms. The summed E-state index contributed by atoms with van der Waals surface area (Å²) >= 11 is 0. The molecule has 0 aliphatic heterocycles. The summed E-state index contributed by atoms with van der Waals surface area (Å²) in [5, 5.41) is 0. The predicted molar refractivity (Wildman–Crippen MR) is 5.75 cm³/mol. The van der Waals surface area contributed by atoms with Crippen molar-refractivity contribution in [3.63, 3.8) is 0 Å². The summed E-state index contributed by atoms with van der Waals surface area (Å²) in [6.45, 7) is 0. The van der Waals surface area contributed by atoms with Gasteiger partial charge in [0.25, 0.3) is 0 Å². The number of hydrogen-bond acceptors (Lipinski definition) is 0. The van der Waals surface area contributed by atoms with Crippen molar-refractivity contribution in [3.05, 3.63) is 0 Å². The van der Waals surface area contributed by atoms with Crippen molar-refractivity contribution in [2.45, 2.75) is 0 Å². The van der Waals surface area contributed by atoms with Crippen LogP contribution in [-0.4, -0.2) is 37.7 Å². The van der Waals surface area contributed by atoms with Crippen LogP contribution in [0, 0.1) is 0 Å². The first-order valence-electron chi connectivity index (χ1n) is 0. The monoisotopic (exact) mass is 514 g/mol. The maximum atomic E-state index is 0. The van der Waals surface area contributed by atoms with Crippen LogP contribution in [-0.2, 0) is 32.7 Å². The minimum Gasteiger partial charge on any atom is -1.00 e. The minimum absolute atomic E-state index is 0. The number of halogens is 7. The maximum absolute atomic E-state index is 0. The van der Waals surface area contributed by atoms with E-state index in [1.807, 2.05) is 0 Å². The molecule has 56 valence electrons. The van der Waals surface area contributed by atoms with Gasteiger partial charge in [0.2, 0.25) is 0 Å². The summed E-state index contributed by atoms with van der Waals surface area (Å²) in [6.07, 6.45) is 0. The van der Waals surface area contributed by atoms with Crippen molar-refractivity contribution >= 4 is 37.7 Å². The van der Waals surface area contributed by atoms with Crippen molar-refractivity contribution in [2.24, 2.45) is 0 Å². The van der Waals surface area contributed by atoms with Crippen LogP contribution in [0.25, 0.3) is 0 Å². The minimum atomic E-state index is 0. The molecule has 0 heterocycles. The molecule has 0 aromatic heterocycles. The average Bonchev–Trinajstić information content (AvgIpc) is 0. The zero-order valence-corrected chi connectivity index (χ0v) is 22.5. The fraction of sp³-hybridized carbons (Fsp3) is 0. The second kappa shape index (κ2) is 88.4. The average molecular weight is 517 g/mol. The molecular weight excluding hydrogens is 517 g/mol. The molecule has 0 spiro atoms. The molecule has 0 N–H and O–H groups in total. The summed E-state index contributed by atoms with van der Waals surface area (Å²) in [7, 11) is 0. The van der Waals surface area contributed by atoms with Crippen molar-refractivity contribution in [1.82, 2.24) is 0 Å². The first-order chi connectivity index (χ1) is 0. The Hall–Kier alpha value is 7.04. The Morgan fingerprint density at radius 2 is 0.455 bits per heavy atom. The molecule has 0 fully saturated rings. The van der Waals surface area contributed by atoms with E-state index in [0.29, 0.717) is 0 Å². The van der Waals surface area contributed by atoms with E-state index in [-0.39, 0.29) is 245 Å². The molecule has 0 aromatic carbocycles. The zero-order chi connectivity index (χ0) is 0. The van der Waals surface area contributed by atoms with E-state index in [4.69, 9.17) is 0 Å². The Morgan fingerprint density at radius 1 is 0.455 bits per heavy atom. The summed E-state index contributed by atoms with van der Waals surface area (Å²) in [4.78, 5) is 0. The topological polar surface area (TPSA) is 0 Å². The van der Waals surface area contributed by atoms with E-state index in [2.05, 4.69) is 0 Å². The maximum Gasteiger partial charge on any atom is 3.00 e. The Morgan fingerprint density at radius 3 is 0.455 bits per heavy atom. The van der Waals surface area contributed by atoms with Crippen LogP contribution in [0.5, 0.6) is 0 Å². The molecule has 0 rings (SSSR count). The summed E-state index contributed by atoms with van der Waals surface area (Å²) in [5.74, 6) is 0. The number of hydrogen-bond donors (Lipinski definition) is 0. The first-order valence-corrected chi connectivity index (χ1v) is 0. The van der Waals surface area contributed by atoms with Crippen LogP contribution in [0.2, 0.25) is 0 Å². The van der Waals surface area contributed by atoms with Gasteiger partial charge in [-0.25, -0.2) is 0 Å². The van der Waals surface area contributed by atoms with E-state index in [1.54, 1.807) is 0 Å². The van der Waals surface area contributed by atoms with E-state index in [1.165, 1.54) is 0 Å². The SMILES string of the molecule is [Ca+2].[Cl-].[Cl-].[Cl-].[Cl-].[Cl-].[Cl-].[Cl-].[Cs+].[Li+].[Y+3]. The second-order valence-electron chi connectivity index (χ2n) is 0. The zero-order valence-electron chi connectivity index (χ0n) is 5.93. The van der Waals surface area contributed by atoms with Gasteiger partial charge in [0.05, 0.1) is 0 Å². The van der Waals surface area contributed by atoms with Crippen molar-refractivity contribution < 1.29 is 207 Å². The van der Waals surface area contributed by atoms with Crippen molar-refractivity contribution in [2.75, 3.05) is 0 Å². The Kier molecular flexibility index (Phi) is 849. The van der Waals surface area contributed by atoms with Crippen LogP contribution in [0.4, 0.5) is 0 Å². The third-order valence-corrected chi connectivity index (χ3v) is 0. The molecular formula is CaCl7CsLiY. The molecule has 0 aliphatic carbocycles. The molecule has 0 radical (unpaired) electrons. The molecule has 11 heavy (non-hydrogen) atoms. The third kappa shape index (κ3) is 77.7. The Labute approximate surface area is 238 Å². The van der Waals surface area contributed by atoms with Gasteiger partial charge in [0, 0.05) is 0 Å². The van der Waals surface area contributed by atoms with Crippen LogP contribution in [0.3, 0.4) is 0 Å². The Balaban J connectivity index is 0. The Bertz CT molecular complexity index is 18.4.